The van der Waals surface area contributed by atoms with Gasteiger partial charge in [0.1, 0.15) is 11.3 Å². The molecule has 0 unspecified atom stereocenters. The van der Waals surface area contributed by atoms with Crippen LogP contribution in [0.4, 0.5) is 0 Å². The van der Waals surface area contributed by atoms with Crippen LogP contribution in [0.1, 0.15) is 27.8 Å². The number of ether oxygens (including phenoxy) is 2. The zero-order valence-corrected chi connectivity index (χ0v) is 14.9. The van der Waals surface area contributed by atoms with Gasteiger partial charge in [0, 0.05) is 5.56 Å². The lowest BCUT2D eigenvalue weighted by atomic mass is 10.1. The zero-order chi connectivity index (χ0) is 19.4. The summed E-state index contributed by atoms with van der Waals surface area (Å²) >= 11 is 0. The molecule has 138 valence electrons. The van der Waals surface area contributed by atoms with Crippen molar-refractivity contribution >= 4 is 11.9 Å². The van der Waals surface area contributed by atoms with Gasteiger partial charge in [0.25, 0.3) is 0 Å². The van der Waals surface area contributed by atoms with E-state index in [1.165, 1.54) is 4.68 Å². The second kappa shape index (κ2) is 7.74. The Labute approximate surface area is 155 Å². The molecule has 7 heteroatoms. The Balaban J connectivity index is 2.30. The molecule has 0 spiro atoms. The Morgan fingerprint density at radius 1 is 1.07 bits per heavy atom. The molecule has 0 aliphatic rings. The van der Waals surface area contributed by atoms with Crippen LogP contribution >= 0.6 is 0 Å². The largest absolute Gasteiger partial charge is 0.497 e. The molecule has 0 amide bonds. The number of aromatic carboxylic acids is 1. The summed E-state index contributed by atoms with van der Waals surface area (Å²) < 4.78 is 11.7. The third-order valence-electron chi connectivity index (χ3n) is 3.93. The Morgan fingerprint density at radius 3 is 2.30 bits per heavy atom. The van der Waals surface area contributed by atoms with Gasteiger partial charge in [-0.1, -0.05) is 30.3 Å². The third kappa shape index (κ3) is 3.52. The number of hydrogen-bond acceptors (Lipinski definition) is 5. The first-order chi connectivity index (χ1) is 13.1. The van der Waals surface area contributed by atoms with Gasteiger partial charge in [0.05, 0.1) is 25.1 Å². The van der Waals surface area contributed by atoms with E-state index < -0.39 is 11.9 Å². The molecule has 7 nitrogen and oxygen atoms in total. The van der Waals surface area contributed by atoms with Crippen LogP contribution in [0.25, 0.3) is 16.9 Å². The smallest absolute Gasteiger partial charge is 0.357 e. The fraction of sp³-hybridized carbons (Fsp3) is 0.150. The predicted octanol–water partition coefficient (Wildman–Crippen LogP) is 3.42. The number of esters is 1. The van der Waals surface area contributed by atoms with Crippen LogP contribution in [-0.2, 0) is 4.74 Å². The number of carbonyl (C=O) groups is 2. The van der Waals surface area contributed by atoms with Crippen LogP contribution in [0.5, 0.6) is 5.75 Å². The first-order valence-electron chi connectivity index (χ1n) is 8.30. The SMILES string of the molecule is CCOC(=O)c1c(C(=O)O)nn(-c2ccc(OC)cc2)c1-c1ccccc1. The van der Waals surface area contributed by atoms with Crippen LogP contribution in [0.3, 0.4) is 0 Å². The fourth-order valence-electron chi connectivity index (χ4n) is 2.74. The highest BCUT2D eigenvalue weighted by Crippen LogP contribution is 2.30. The molecule has 0 saturated carbocycles. The first kappa shape index (κ1) is 18.2. The molecule has 3 aromatic rings. The van der Waals surface area contributed by atoms with E-state index in [-0.39, 0.29) is 17.9 Å². The van der Waals surface area contributed by atoms with Crippen molar-refractivity contribution in [2.24, 2.45) is 0 Å². The predicted molar refractivity (Wildman–Crippen MR) is 98.5 cm³/mol. The maximum absolute atomic E-state index is 12.6. The molecule has 1 aromatic heterocycles. The molecule has 0 aliphatic heterocycles. The summed E-state index contributed by atoms with van der Waals surface area (Å²) in [7, 11) is 1.56. The number of nitrogens with zero attached hydrogens (tertiary/aromatic N) is 2. The van der Waals surface area contributed by atoms with E-state index in [1.807, 2.05) is 6.07 Å². The number of benzene rings is 2. The average molecular weight is 366 g/mol. The molecule has 0 aliphatic carbocycles. The minimum absolute atomic E-state index is 0.0774. The number of rotatable bonds is 6. The van der Waals surface area contributed by atoms with Crippen molar-refractivity contribution in [3.8, 4) is 22.7 Å². The van der Waals surface area contributed by atoms with Gasteiger partial charge < -0.3 is 14.6 Å². The molecule has 0 saturated heterocycles. The second-order valence-corrected chi connectivity index (χ2v) is 5.57. The summed E-state index contributed by atoms with van der Waals surface area (Å²) in [6, 6.07) is 15.9. The van der Waals surface area contributed by atoms with Gasteiger partial charge in [-0.25, -0.2) is 14.3 Å². The van der Waals surface area contributed by atoms with E-state index in [1.54, 1.807) is 62.6 Å². The summed E-state index contributed by atoms with van der Waals surface area (Å²) in [5, 5.41) is 13.8. The van der Waals surface area contributed by atoms with Gasteiger partial charge in [0.2, 0.25) is 0 Å². The molecule has 0 atom stereocenters. The van der Waals surface area contributed by atoms with Crippen molar-refractivity contribution in [3.63, 3.8) is 0 Å². The summed E-state index contributed by atoms with van der Waals surface area (Å²) in [5.41, 5.74) is 1.16. The van der Waals surface area contributed by atoms with Gasteiger partial charge in [-0.3, -0.25) is 0 Å². The Bertz CT molecular complexity index is 962. The van der Waals surface area contributed by atoms with Gasteiger partial charge in [0.15, 0.2) is 5.69 Å². The average Bonchev–Trinajstić information content (AvgIpc) is 3.10. The van der Waals surface area contributed by atoms with E-state index in [2.05, 4.69) is 5.10 Å². The highest BCUT2D eigenvalue weighted by Gasteiger charge is 2.30. The number of methoxy groups -OCH3 is 1. The lowest BCUT2D eigenvalue weighted by Crippen LogP contribution is -2.11. The summed E-state index contributed by atoms with van der Waals surface area (Å²) in [5.74, 6) is -1.38. The van der Waals surface area contributed by atoms with E-state index in [9.17, 15) is 14.7 Å². The maximum atomic E-state index is 12.6. The maximum Gasteiger partial charge on any atom is 0.357 e. The lowest BCUT2D eigenvalue weighted by molar-refractivity contribution is 0.0515. The molecule has 1 heterocycles. The Hall–Kier alpha value is -3.61. The van der Waals surface area contributed by atoms with Crippen LogP contribution in [0, 0.1) is 0 Å². The number of aromatic nitrogens is 2. The van der Waals surface area contributed by atoms with Gasteiger partial charge in [-0.2, -0.15) is 5.10 Å². The third-order valence-corrected chi connectivity index (χ3v) is 3.93. The lowest BCUT2D eigenvalue weighted by Gasteiger charge is -2.10. The van der Waals surface area contributed by atoms with Crippen molar-refractivity contribution in [1.29, 1.82) is 0 Å². The minimum Gasteiger partial charge on any atom is -0.497 e. The highest BCUT2D eigenvalue weighted by atomic mass is 16.5. The number of carbonyl (C=O) groups excluding carboxylic acids is 1. The van der Waals surface area contributed by atoms with E-state index >= 15 is 0 Å². The molecule has 2 aromatic carbocycles. The normalized spacial score (nSPS) is 10.4. The molecule has 0 radical (unpaired) electrons. The van der Waals surface area contributed by atoms with Crippen LogP contribution in [0.15, 0.2) is 54.6 Å². The number of carboxylic acids is 1. The van der Waals surface area contributed by atoms with Crippen LogP contribution < -0.4 is 4.74 Å². The van der Waals surface area contributed by atoms with Crippen LogP contribution in [-0.4, -0.2) is 40.5 Å². The summed E-state index contributed by atoms with van der Waals surface area (Å²) in [4.78, 5) is 24.3. The van der Waals surface area contributed by atoms with Gasteiger partial charge in [-0.15, -0.1) is 0 Å². The molecule has 0 fully saturated rings. The topological polar surface area (TPSA) is 90.7 Å². The quantitative estimate of drug-likeness (QED) is 0.672. The monoisotopic (exact) mass is 366 g/mol. The molecule has 27 heavy (non-hydrogen) atoms. The first-order valence-corrected chi connectivity index (χ1v) is 8.30. The van der Waals surface area contributed by atoms with Gasteiger partial charge >= 0.3 is 11.9 Å². The minimum atomic E-state index is -1.30. The highest BCUT2D eigenvalue weighted by molar-refractivity contribution is 6.06. The van der Waals surface area contributed by atoms with Gasteiger partial charge in [-0.05, 0) is 31.2 Å². The molecule has 3 rings (SSSR count). The van der Waals surface area contributed by atoms with Crippen molar-refractivity contribution < 1.29 is 24.2 Å². The number of hydrogen-bond donors (Lipinski definition) is 1. The fourth-order valence-corrected chi connectivity index (χ4v) is 2.74. The number of carboxylic acid groups (broad SMARTS) is 1. The van der Waals surface area contributed by atoms with Crippen molar-refractivity contribution in [2.75, 3.05) is 13.7 Å². The van der Waals surface area contributed by atoms with Crippen LogP contribution in [0.2, 0.25) is 0 Å². The zero-order valence-electron chi connectivity index (χ0n) is 14.9. The molecule has 0 bridgehead atoms. The van der Waals surface area contributed by atoms with E-state index in [0.29, 0.717) is 22.7 Å². The second-order valence-electron chi connectivity index (χ2n) is 5.57. The molecular formula is C20H18N2O5. The standard InChI is InChI=1S/C20H18N2O5/c1-3-27-20(25)16-17(19(23)24)21-22(14-9-11-15(26-2)12-10-14)18(16)13-7-5-4-6-8-13/h4-12H,3H2,1-2H3,(H,23,24). The summed E-state index contributed by atoms with van der Waals surface area (Å²) in [6.07, 6.45) is 0. The molecule has 1 N–H and O–H groups in total. The summed E-state index contributed by atoms with van der Waals surface area (Å²) in [6.45, 7) is 1.79. The van der Waals surface area contributed by atoms with E-state index in [0.717, 1.165) is 0 Å². The van der Waals surface area contributed by atoms with E-state index in [4.69, 9.17) is 9.47 Å². The molecular weight excluding hydrogens is 348 g/mol. The Morgan fingerprint density at radius 2 is 1.74 bits per heavy atom. The van der Waals surface area contributed by atoms with Crippen molar-refractivity contribution in [2.45, 2.75) is 6.92 Å². The van der Waals surface area contributed by atoms with Crippen molar-refractivity contribution in [3.05, 3.63) is 65.9 Å². The Kier molecular flexibility index (Phi) is 5.21. The van der Waals surface area contributed by atoms with Crippen molar-refractivity contribution in [1.82, 2.24) is 9.78 Å².